The van der Waals surface area contributed by atoms with Gasteiger partial charge in [-0.05, 0) is 32.4 Å². The number of Topliss-reactive ketones (excluding diaryl/α,β-unsaturated/α-hetero) is 1. The summed E-state index contributed by atoms with van der Waals surface area (Å²) in [5.41, 5.74) is 1.54. The number of hydrogen-bond donors (Lipinski definition) is 0. The second-order valence-corrected chi connectivity index (χ2v) is 3.02. The lowest BCUT2D eigenvalue weighted by molar-refractivity contribution is -0.113. The van der Waals surface area contributed by atoms with Gasteiger partial charge in [0.15, 0.2) is 5.78 Å². The molecule has 0 saturated carbocycles. The minimum Gasteiger partial charge on any atom is -0.295 e. The van der Waals surface area contributed by atoms with Gasteiger partial charge in [0.05, 0.1) is 0 Å². The number of carbonyl (C=O) groups excluding carboxylic acids is 1. The first-order chi connectivity index (χ1) is 5.49. The third kappa shape index (κ3) is 3.54. The Kier molecular flexibility index (Phi) is 4.60. The lowest BCUT2D eigenvalue weighted by Gasteiger charge is -2.01. The molecule has 0 aliphatic rings. The summed E-state index contributed by atoms with van der Waals surface area (Å²) in [5, 5.41) is 0.438. The quantitative estimate of drug-likeness (QED) is 0.486. The van der Waals surface area contributed by atoms with Crippen LogP contribution >= 0.6 is 11.6 Å². The van der Waals surface area contributed by atoms with Gasteiger partial charge in [0.2, 0.25) is 0 Å². The summed E-state index contributed by atoms with van der Waals surface area (Å²) in [5.74, 6) is 0.0455. The van der Waals surface area contributed by atoms with E-state index >= 15 is 0 Å². The van der Waals surface area contributed by atoms with Crippen molar-refractivity contribution < 1.29 is 4.79 Å². The molecule has 0 aromatic heterocycles. The van der Waals surface area contributed by atoms with Gasteiger partial charge in [-0.15, -0.1) is 0 Å². The fraction of sp³-hybridized carbons (Fsp3) is 0.300. The van der Waals surface area contributed by atoms with E-state index in [4.69, 9.17) is 11.6 Å². The largest absolute Gasteiger partial charge is 0.295 e. The molecular formula is C10H13ClO. The highest BCUT2D eigenvalue weighted by Crippen LogP contribution is 2.13. The van der Waals surface area contributed by atoms with Gasteiger partial charge >= 0.3 is 0 Å². The van der Waals surface area contributed by atoms with Crippen LogP contribution in [0.15, 0.2) is 34.9 Å². The second kappa shape index (κ2) is 4.94. The number of ketones is 1. The third-order valence-corrected chi connectivity index (χ3v) is 1.58. The summed E-state index contributed by atoms with van der Waals surface area (Å²) in [6.45, 7) is 8.72. The lowest BCUT2D eigenvalue weighted by atomic mass is 10.0. The van der Waals surface area contributed by atoms with E-state index in [1.54, 1.807) is 12.2 Å². The summed E-state index contributed by atoms with van der Waals surface area (Å²) in [7, 11) is 0. The minimum absolute atomic E-state index is 0.0455. The molecule has 0 atom stereocenters. The molecule has 66 valence electrons. The second-order valence-electron chi connectivity index (χ2n) is 2.53. The van der Waals surface area contributed by atoms with Gasteiger partial charge in [-0.3, -0.25) is 4.79 Å². The molecule has 0 aromatic carbocycles. The molecule has 0 bridgehead atoms. The van der Waals surface area contributed by atoms with Crippen molar-refractivity contribution in [1.82, 2.24) is 0 Å². The van der Waals surface area contributed by atoms with Crippen molar-refractivity contribution in [3.05, 3.63) is 34.9 Å². The molecule has 0 aliphatic carbocycles. The Labute approximate surface area is 78.4 Å². The number of allylic oxidation sites excluding steroid dienone is 5. The van der Waals surface area contributed by atoms with Crippen molar-refractivity contribution in [3.63, 3.8) is 0 Å². The minimum atomic E-state index is 0.0455. The van der Waals surface area contributed by atoms with Gasteiger partial charge in [0, 0.05) is 10.6 Å². The van der Waals surface area contributed by atoms with Crippen molar-refractivity contribution in [2.24, 2.45) is 0 Å². The predicted octanol–water partition coefficient (Wildman–Crippen LogP) is 3.22. The van der Waals surface area contributed by atoms with Crippen LogP contribution in [0.4, 0.5) is 0 Å². The molecule has 0 unspecified atom stereocenters. The summed E-state index contributed by atoms with van der Waals surface area (Å²) >= 11 is 5.57. The SMILES string of the molecule is C=C(Cl)/C=C(/C)C(=CC)C(C)=O. The van der Waals surface area contributed by atoms with E-state index in [-0.39, 0.29) is 5.78 Å². The van der Waals surface area contributed by atoms with Gasteiger partial charge in [0.25, 0.3) is 0 Å². The normalized spacial score (nSPS) is 13.0. The van der Waals surface area contributed by atoms with Gasteiger partial charge in [-0.2, -0.15) is 0 Å². The molecular weight excluding hydrogens is 172 g/mol. The highest BCUT2D eigenvalue weighted by Gasteiger charge is 2.03. The van der Waals surface area contributed by atoms with Crippen molar-refractivity contribution in [1.29, 1.82) is 0 Å². The summed E-state index contributed by atoms with van der Waals surface area (Å²) in [6, 6.07) is 0. The number of hydrogen-bond acceptors (Lipinski definition) is 1. The maximum atomic E-state index is 11.0. The molecule has 1 nitrogen and oxygen atoms in total. The number of halogens is 1. The van der Waals surface area contributed by atoms with Crippen LogP contribution in [-0.4, -0.2) is 5.78 Å². The Balaban J connectivity index is 4.78. The molecule has 0 spiro atoms. The number of carbonyl (C=O) groups is 1. The number of rotatable bonds is 3. The molecule has 12 heavy (non-hydrogen) atoms. The molecule has 0 aromatic rings. The zero-order valence-electron chi connectivity index (χ0n) is 7.65. The van der Waals surface area contributed by atoms with E-state index in [1.165, 1.54) is 6.92 Å². The first-order valence-electron chi connectivity index (χ1n) is 3.69. The van der Waals surface area contributed by atoms with Crippen LogP contribution in [0.1, 0.15) is 20.8 Å². The van der Waals surface area contributed by atoms with Crippen LogP contribution in [0.25, 0.3) is 0 Å². The monoisotopic (exact) mass is 184 g/mol. The molecule has 0 heterocycles. The maximum absolute atomic E-state index is 11.0. The zero-order chi connectivity index (χ0) is 9.72. The first-order valence-corrected chi connectivity index (χ1v) is 4.07. The van der Waals surface area contributed by atoms with Gasteiger partial charge in [-0.25, -0.2) is 0 Å². The van der Waals surface area contributed by atoms with Crippen molar-refractivity contribution in [2.75, 3.05) is 0 Å². The van der Waals surface area contributed by atoms with Gasteiger partial charge in [0.1, 0.15) is 0 Å². The van der Waals surface area contributed by atoms with Crippen LogP contribution < -0.4 is 0 Å². The molecule has 2 heteroatoms. The smallest absolute Gasteiger partial charge is 0.159 e. The van der Waals surface area contributed by atoms with Crippen LogP contribution in [0.2, 0.25) is 0 Å². The molecule has 0 amide bonds. The highest BCUT2D eigenvalue weighted by atomic mass is 35.5. The van der Waals surface area contributed by atoms with Crippen LogP contribution in [0.3, 0.4) is 0 Å². The van der Waals surface area contributed by atoms with Crippen molar-refractivity contribution in [3.8, 4) is 0 Å². The molecule has 0 rings (SSSR count). The van der Waals surface area contributed by atoms with Gasteiger partial charge < -0.3 is 0 Å². The van der Waals surface area contributed by atoms with E-state index in [2.05, 4.69) is 6.58 Å². The Hall–Kier alpha value is -0.820. The van der Waals surface area contributed by atoms with E-state index in [0.29, 0.717) is 10.6 Å². The Bertz CT molecular complexity index is 259. The van der Waals surface area contributed by atoms with Crippen molar-refractivity contribution in [2.45, 2.75) is 20.8 Å². The standard InChI is InChI=1S/C10H13ClO/c1-5-10(9(4)12)7(2)6-8(3)11/h5-6H,3H2,1-2,4H3/b7-6-,10-5?. The molecule has 0 N–H and O–H groups in total. The highest BCUT2D eigenvalue weighted by molar-refractivity contribution is 6.31. The van der Waals surface area contributed by atoms with E-state index in [1.807, 2.05) is 13.8 Å². The fourth-order valence-electron chi connectivity index (χ4n) is 1.02. The predicted molar refractivity (Wildman–Crippen MR) is 53.2 cm³/mol. The Morgan fingerprint density at radius 2 is 1.92 bits per heavy atom. The van der Waals surface area contributed by atoms with Crippen molar-refractivity contribution >= 4 is 17.4 Å². The van der Waals surface area contributed by atoms with E-state index in [9.17, 15) is 4.79 Å². The average molecular weight is 185 g/mol. The van der Waals surface area contributed by atoms with Crippen LogP contribution in [0, 0.1) is 0 Å². The van der Waals surface area contributed by atoms with Crippen LogP contribution in [0.5, 0.6) is 0 Å². The average Bonchev–Trinajstić information content (AvgIpc) is 1.85. The first kappa shape index (κ1) is 11.2. The molecule has 0 radical (unpaired) electrons. The lowest BCUT2D eigenvalue weighted by Crippen LogP contribution is -1.97. The van der Waals surface area contributed by atoms with Crippen LogP contribution in [-0.2, 0) is 4.79 Å². The maximum Gasteiger partial charge on any atom is 0.159 e. The Morgan fingerprint density at radius 1 is 1.42 bits per heavy atom. The Morgan fingerprint density at radius 3 is 2.17 bits per heavy atom. The van der Waals surface area contributed by atoms with E-state index < -0.39 is 0 Å². The van der Waals surface area contributed by atoms with E-state index in [0.717, 1.165) is 5.57 Å². The summed E-state index contributed by atoms with van der Waals surface area (Å²) in [6.07, 6.45) is 3.45. The third-order valence-electron chi connectivity index (χ3n) is 1.47. The topological polar surface area (TPSA) is 17.1 Å². The summed E-state index contributed by atoms with van der Waals surface area (Å²) in [4.78, 5) is 11.0. The summed E-state index contributed by atoms with van der Waals surface area (Å²) < 4.78 is 0. The molecule has 0 aliphatic heterocycles. The molecule has 0 fully saturated rings. The molecule has 0 saturated heterocycles. The zero-order valence-corrected chi connectivity index (χ0v) is 8.40. The fourth-order valence-corrected chi connectivity index (χ4v) is 1.18. The van der Waals surface area contributed by atoms with Gasteiger partial charge in [-0.1, -0.05) is 24.3 Å².